The number of amides is 1. The maximum absolute atomic E-state index is 13.6. The standard InChI is InChI=1S/C14H19BrFNO2/c1-10(2)17(8-4-7-15)14(18)11-5-6-13(19-3)12(16)9-11/h5-6,9-10H,4,7-8H2,1-3H3. The predicted octanol–water partition coefficient (Wildman–Crippen LogP) is 3.47. The first-order valence-corrected chi connectivity index (χ1v) is 7.33. The molecule has 5 heteroatoms. The summed E-state index contributed by atoms with van der Waals surface area (Å²) in [5, 5.41) is 0.834. The summed E-state index contributed by atoms with van der Waals surface area (Å²) < 4.78 is 18.5. The van der Waals surface area contributed by atoms with Crippen molar-refractivity contribution in [3.05, 3.63) is 29.6 Å². The fourth-order valence-electron chi connectivity index (χ4n) is 1.79. The number of halogens is 2. The van der Waals surface area contributed by atoms with E-state index in [-0.39, 0.29) is 17.7 Å². The van der Waals surface area contributed by atoms with Crippen LogP contribution in [0, 0.1) is 5.82 Å². The summed E-state index contributed by atoms with van der Waals surface area (Å²) in [6.45, 7) is 4.55. The Morgan fingerprint density at radius 1 is 1.47 bits per heavy atom. The summed E-state index contributed by atoms with van der Waals surface area (Å²) >= 11 is 3.35. The minimum Gasteiger partial charge on any atom is -0.494 e. The zero-order chi connectivity index (χ0) is 14.4. The summed E-state index contributed by atoms with van der Waals surface area (Å²) in [5.74, 6) is -0.525. The van der Waals surface area contributed by atoms with Crippen molar-refractivity contribution in [3.8, 4) is 5.75 Å². The minimum absolute atomic E-state index is 0.0803. The molecule has 0 N–H and O–H groups in total. The van der Waals surface area contributed by atoms with Crippen LogP contribution >= 0.6 is 15.9 Å². The molecule has 0 saturated carbocycles. The molecule has 0 heterocycles. The summed E-state index contributed by atoms with van der Waals surface area (Å²) in [5.41, 5.74) is 0.349. The molecule has 0 aliphatic rings. The normalized spacial score (nSPS) is 10.6. The van der Waals surface area contributed by atoms with Crippen molar-refractivity contribution in [2.45, 2.75) is 26.3 Å². The van der Waals surface area contributed by atoms with Gasteiger partial charge in [-0.1, -0.05) is 15.9 Å². The lowest BCUT2D eigenvalue weighted by atomic mass is 10.1. The molecule has 1 aromatic carbocycles. The highest BCUT2D eigenvalue weighted by atomic mass is 79.9. The number of carbonyl (C=O) groups excluding carboxylic acids is 1. The SMILES string of the molecule is COc1ccc(C(=O)N(CCCBr)C(C)C)cc1F. The van der Waals surface area contributed by atoms with Gasteiger partial charge < -0.3 is 9.64 Å². The third-order valence-electron chi connectivity index (χ3n) is 2.82. The molecular formula is C14H19BrFNO2. The smallest absolute Gasteiger partial charge is 0.254 e. The number of hydrogen-bond acceptors (Lipinski definition) is 2. The average Bonchev–Trinajstić information content (AvgIpc) is 2.38. The fourth-order valence-corrected chi connectivity index (χ4v) is 2.04. The zero-order valence-corrected chi connectivity index (χ0v) is 13.0. The molecule has 0 aromatic heterocycles. The molecule has 19 heavy (non-hydrogen) atoms. The second-order valence-electron chi connectivity index (χ2n) is 4.48. The molecule has 1 amide bonds. The van der Waals surface area contributed by atoms with E-state index >= 15 is 0 Å². The van der Waals surface area contributed by atoms with Crippen LogP contribution in [0.4, 0.5) is 4.39 Å². The van der Waals surface area contributed by atoms with Crippen LogP contribution in [0.1, 0.15) is 30.6 Å². The van der Waals surface area contributed by atoms with Crippen molar-refractivity contribution in [2.24, 2.45) is 0 Å². The van der Waals surface area contributed by atoms with Gasteiger partial charge in [-0.25, -0.2) is 4.39 Å². The molecule has 0 unspecified atom stereocenters. The van der Waals surface area contributed by atoms with Crippen LogP contribution in [0.2, 0.25) is 0 Å². The van der Waals surface area contributed by atoms with Crippen LogP contribution in [0.5, 0.6) is 5.75 Å². The van der Waals surface area contributed by atoms with Gasteiger partial charge in [-0.05, 0) is 38.5 Å². The Bertz CT molecular complexity index is 437. The maximum Gasteiger partial charge on any atom is 0.254 e. The van der Waals surface area contributed by atoms with Crippen LogP contribution in [-0.4, -0.2) is 35.8 Å². The largest absolute Gasteiger partial charge is 0.494 e. The Labute approximate surface area is 121 Å². The van der Waals surface area contributed by atoms with E-state index in [4.69, 9.17) is 4.74 Å². The van der Waals surface area contributed by atoms with E-state index in [9.17, 15) is 9.18 Å². The van der Waals surface area contributed by atoms with E-state index in [1.807, 2.05) is 13.8 Å². The van der Waals surface area contributed by atoms with Crippen LogP contribution < -0.4 is 4.74 Å². The van der Waals surface area contributed by atoms with Crippen molar-refractivity contribution in [1.29, 1.82) is 0 Å². The van der Waals surface area contributed by atoms with Crippen molar-refractivity contribution >= 4 is 21.8 Å². The van der Waals surface area contributed by atoms with Crippen LogP contribution in [0.25, 0.3) is 0 Å². The van der Waals surface area contributed by atoms with Gasteiger partial charge in [0, 0.05) is 23.5 Å². The zero-order valence-electron chi connectivity index (χ0n) is 11.5. The van der Waals surface area contributed by atoms with Crippen LogP contribution in [0.3, 0.4) is 0 Å². The molecule has 3 nitrogen and oxygen atoms in total. The molecule has 0 saturated heterocycles. The van der Waals surface area contributed by atoms with Gasteiger partial charge in [0.2, 0.25) is 0 Å². The lowest BCUT2D eigenvalue weighted by Crippen LogP contribution is -2.37. The molecule has 0 radical (unpaired) electrons. The van der Waals surface area contributed by atoms with Gasteiger partial charge >= 0.3 is 0 Å². The van der Waals surface area contributed by atoms with Crippen LogP contribution in [0.15, 0.2) is 18.2 Å². The summed E-state index contributed by atoms with van der Waals surface area (Å²) in [7, 11) is 1.40. The Morgan fingerprint density at radius 2 is 2.16 bits per heavy atom. The summed E-state index contributed by atoms with van der Waals surface area (Å²) in [4.78, 5) is 14.1. The van der Waals surface area contributed by atoms with E-state index in [0.29, 0.717) is 12.1 Å². The summed E-state index contributed by atoms with van der Waals surface area (Å²) in [6, 6.07) is 4.38. The van der Waals surface area contributed by atoms with E-state index < -0.39 is 5.82 Å². The van der Waals surface area contributed by atoms with Gasteiger partial charge in [0.05, 0.1) is 7.11 Å². The number of ether oxygens (including phenoxy) is 1. The maximum atomic E-state index is 13.6. The number of nitrogens with zero attached hydrogens (tertiary/aromatic N) is 1. The van der Waals surface area contributed by atoms with Gasteiger partial charge in [-0.3, -0.25) is 4.79 Å². The number of hydrogen-bond donors (Lipinski definition) is 0. The molecule has 1 rings (SSSR count). The third-order valence-corrected chi connectivity index (χ3v) is 3.38. The Kier molecular flexibility index (Phi) is 6.28. The molecule has 106 valence electrons. The highest BCUT2D eigenvalue weighted by Crippen LogP contribution is 2.19. The minimum atomic E-state index is -0.516. The van der Waals surface area contributed by atoms with Crippen molar-refractivity contribution in [2.75, 3.05) is 19.0 Å². The predicted molar refractivity (Wildman–Crippen MR) is 77.5 cm³/mol. The van der Waals surface area contributed by atoms with E-state index in [0.717, 1.165) is 11.8 Å². The van der Waals surface area contributed by atoms with Gasteiger partial charge in [-0.2, -0.15) is 0 Å². The van der Waals surface area contributed by atoms with Crippen molar-refractivity contribution in [3.63, 3.8) is 0 Å². The lowest BCUT2D eigenvalue weighted by Gasteiger charge is -2.26. The molecule has 0 spiro atoms. The van der Waals surface area contributed by atoms with E-state index in [1.165, 1.54) is 19.2 Å². The topological polar surface area (TPSA) is 29.5 Å². The third kappa shape index (κ3) is 4.20. The highest BCUT2D eigenvalue weighted by molar-refractivity contribution is 9.09. The Balaban J connectivity index is 2.93. The Hall–Kier alpha value is -1.10. The number of benzene rings is 1. The van der Waals surface area contributed by atoms with Gasteiger partial charge in [0.1, 0.15) is 0 Å². The first-order chi connectivity index (χ1) is 9.01. The van der Waals surface area contributed by atoms with Crippen molar-refractivity contribution < 1.29 is 13.9 Å². The van der Waals surface area contributed by atoms with Gasteiger partial charge in [0.25, 0.3) is 5.91 Å². The molecule has 0 bridgehead atoms. The number of rotatable bonds is 6. The highest BCUT2D eigenvalue weighted by Gasteiger charge is 2.19. The number of alkyl halides is 1. The van der Waals surface area contributed by atoms with Crippen molar-refractivity contribution in [1.82, 2.24) is 4.90 Å². The first kappa shape index (κ1) is 16.0. The van der Waals surface area contributed by atoms with E-state index in [1.54, 1.807) is 11.0 Å². The molecular weight excluding hydrogens is 313 g/mol. The Morgan fingerprint density at radius 3 is 2.63 bits per heavy atom. The van der Waals surface area contributed by atoms with Crippen LogP contribution in [-0.2, 0) is 0 Å². The fraction of sp³-hybridized carbons (Fsp3) is 0.500. The monoisotopic (exact) mass is 331 g/mol. The molecule has 0 atom stereocenters. The average molecular weight is 332 g/mol. The van der Waals surface area contributed by atoms with E-state index in [2.05, 4.69) is 15.9 Å². The first-order valence-electron chi connectivity index (χ1n) is 6.21. The quantitative estimate of drug-likeness (QED) is 0.747. The molecule has 0 aliphatic heterocycles. The molecule has 0 aliphatic carbocycles. The second kappa shape index (κ2) is 7.48. The number of methoxy groups -OCH3 is 1. The van der Waals surface area contributed by atoms with Gasteiger partial charge in [0.15, 0.2) is 11.6 Å². The molecule has 0 fully saturated rings. The summed E-state index contributed by atoms with van der Waals surface area (Å²) in [6.07, 6.45) is 0.864. The molecule has 1 aromatic rings. The van der Waals surface area contributed by atoms with Gasteiger partial charge in [-0.15, -0.1) is 0 Å². The lowest BCUT2D eigenvalue weighted by molar-refractivity contribution is 0.0706. The number of carbonyl (C=O) groups is 1. The second-order valence-corrected chi connectivity index (χ2v) is 5.28.